The second-order valence-corrected chi connectivity index (χ2v) is 10.1. The molecule has 0 aromatic heterocycles. The lowest BCUT2D eigenvalue weighted by Gasteiger charge is -2.50. The molecule has 0 N–H and O–H groups in total. The summed E-state index contributed by atoms with van der Waals surface area (Å²) in [6.45, 7) is 9.85. The van der Waals surface area contributed by atoms with Gasteiger partial charge in [-0.2, -0.15) is 0 Å². The first-order valence-electron chi connectivity index (χ1n) is 12.9. The molecule has 2 fully saturated rings. The predicted octanol–water partition coefficient (Wildman–Crippen LogP) is 2.47. The average molecular weight is 545 g/mol. The Hall–Kier alpha value is -3.38. The largest absolute Gasteiger partial charge is 0.628 e. The highest BCUT2D eigenvalue weighted by Gasteiger charge is 2.57. The van der Waals surface area contributed by atoms with Gasteiger partial charge in [-0.05, 0) is 56.6 Å². The fourth-order valence-corrected chi connectivity index (χ4v) is 4.85. The van der Waals surface area contributed by atoms with Crippen LogP contribution in [0.2, 0.25) is 0 Å². The van der Waals surface area contributed by atoms with E-state index in [1.165, 1.54) is 24.7 Å². The van der Waals surface area contributed by atoms with E-state index in [4.69, 9.17) is 28.3 Å². The minimum absolute atomic E-state index is 0.0178. The van der Waals surface area contributed by atoms with E-state index in [1.54, 1.807) is 32.2 Å². The molecule has 5 atom stereocenters. The first-order chi connectivity index (χ1) is 18.3. The molecule has 0 aliphatic carbocycles. The molecular formula is C27H36BNO10. The molecule has 2 saturated heterocycles. The van der Waals surface area contributed by atoms with Crippen molar-refractivity contribution in [2.24, 2.45) is 5.92 Å². The monoisotopic (exact) mass is 545 g/mol. The molecule has 212 valence electrons. The van der Waals surface area contributed by atoms with Crippen LogP contribution in [0.4, 0.5) is 0 Å². The first kappa shape index (κ1) is 30.2. The zero-order valence-electron chi connectivity index (χ0n) is 23.4. The quantitative estimate of drug-likeness (QED) is 0.370. The van der Waals surface area contributed by atoms with E-state index in [0.29, 0.717) is 12.2 Å². The lowest BCUT2D eigenvalue weighted by Crippen LogP contribution is -2.65. The lowest BCUT2D eigenvalue weighted by molar-refractivity contribution is -0.304. The SMILES string of the molecule is CC[C@H]1O[C@H](Oc2ccc(/C=C/B3OC(=O)CN(C)CC(=O)O3)cc2C)[C@@](C)(OC(C)=O)[C@@H](OC(C)=O)[C@@H]1C. The van der Waals surface area contributed by atoms with Gasteiger partial charge in [-0.1, -0.05) is 26.0 Å². The van der Waals surface area contributed by atoms with Crippen molar-refractivity contribution < 1.29 is 47.4 Å². The van der Waals surface area contributed by atoms with Crippen molar-refractivity contribution in [2.75, 3.05) is 20.1 Å². The minimum Gasteiger partial charge on any atom is -0.495 e. The van der Waals surface area contributed by atoms with Crippen molar-refractivity contribution in [3.63, 3.8) is 0 Å². The maximum Gasteiger partial charge on any atom is 0.628 e. The third-order valence-corrected chi connectivity index (χ3v) is 6.63. The summed E-state index contributed by atoms with van der Waals surface area (Å²) >= 11 is 0. The molecule has 11 nitrogen and oxygen atoms in total. The zero-order chi connectivity index (χ0) is 28.9. The van der Waals surface area contributed by atoms with Crippen LogP contribution in [0.1, 0.15) is 52.2 Å². The number of aryl methyl sites for hydroxylation is 1. The maximum absolute atomic E-state index is 12.1. The number of nitrogens with zero attached hydrogens (tertiary/aromatic N) is 1. The average Bonchev–Trinajstić information content (AvgIpc) is 2.81. The molecule has 0 amide bonds. The van der Waals surface area contributed by atoms with Gasteiger partial charge < -0.3 is 28.3 Å². The molecular weight excluding hydrogens is 509 g/mol. The van der Waals surface area contributed by atoms with Crippen molar-refractivity contribution in [1.82, 2.24) is 4.90 Å². The van der Waals surface area contributed by atoms with E-state index in [-0.39, 0.29) is 25.1 Å². The van der Waals surface area contributed by atoms with Crippen LogP contribution in [0, 0.1) is 12.8 Å². The summed E-state index contributed by atoms with van der Waals surface area (Å²) in [6.07, 6.45) is 0.140. The molecule has 0 spiro atoms. The number of likely N-dealkylation sites (N-methyl/N-ethyl adjacent to an activating group) is 1. The van der Waals surface area contributed by atoms with Crippen LogP contribution in [0.15, 0.2) is 24.2 Å². The standard InChI is InChI=1S/C27H36BNO10/c1-8-21-17(3)25(34-18(4)30)27(6,37-19(5)31)26(35-21)36-22-10-9-20(13-16(22)2)11-12-28-38-23(32)14-29(7)15-24(33)39-28/h9-13,17,21,25-26H,8,14-15H2,1-7H3/b12-11+/t17-,21-,25+,26-,27+/m1/s1. The molecule has 2 aliphatic rings. The predicted molar refractivity (Wildman–Crippen MR) is 140 cm³/mol. The van der Waals surface area contributed by atoms with Crippen molar-refractivity contribution in [3.8, 4) is 5.75 Å². The molecule has 3 rings (SSSR count). The summed E-state index contributed by atoms with van der Waals surface area (Å²) in [6, 6.07) is 5.30. The van der Waals surface area contributed by atoms with E-state index < -0.39 is 49.0 Å². The number of rotatable bonds is 7. The van der Waals surface area contributed by atoms with Crippen LogP contribution in [0.3, 0.4) is 0 Å². The third-order valence-electron chi connectivity index (χ3n) is 6.63. The number of carbonyl (C=O) groups is 4. The Balaban J connectivity index is 1.82. The van der Waals surface area contributed by atoms with Gasteiger partial charge >= 0.3 is 31.0 Å². The van der Waals surface area contributed by atoms with Gasteiger partial charge in [-0.25, -0.2) is 0 Å². The summed E-state index contributed by atoms with van der Waals surface area (Å²) in [5, 5.41) is 0. The van der Waals surface area contributed by atoms with Crippen molar-refractivity contribution in [3.05, 3.63) is 35.3 Å². The Labute approximate surface area is 228 Å². The van der Waals surface area contributed by atoms with Crippen LogP contribution in [-0.2, 0) is 42.7 Å². The highest BCUT2D eigenvalue weighted by molar-refractivity contribution is 6.55. The zero-order valence-corrected chi connectivity index (χ0v) is 23.4. The van der Waals surface area contributed by atoms with Gasteiger partial charge in [0, 0.05) is 19.8 Å². The highest BCUT2D eigenvalue weighted by atomic mass is 16.7. The molecule has 0 radical (unpaired) electrons. The second-order valence-electron chi connectivity index (χ2n) is 10.1. The van der Waals surface area contributed by atoms with E-state index in [1.807, 2.05) is 26.8 Å². The molecule has 1 aromatic rings. The Morgan fingerprint density at radius 1 is 1.15 bits per heavy atom. The van der Waals surface area contributed by atoms with Crippen molar-refractivity contribution >= 4 is 37.1 Å². The van der Waals surface area contributed by atoms with E-state index in [0.717, 1.165) is 11.1 Å². The molecule has 0 saturated carbocycles. The molecule has 2 aliphatic heterocycles. The highest BCUT2D eigenvalue weighted by Crippen LogP contribution is 2.41. The summed E-state index contributed by atoms with van der Waals surface area (Å²) < 4.78 is 34.2. The second kappa shape index (κ2) is 12.7. The third kappa shape index (κ3) is 7.60. The van der Waals surface area contributed by atoms with Gasteiger partial charge in [-0.15, -0.1) is 0 Å². The number of esters is 2. The van der Waals surface area contributed by atoms with Gasteiger partial charge in [0.15, 0.2) is 6.10 Å². The Morgan fingerprint density at radius 2 is 1.79 bits per heavy atom. The molecule has 0 unspecified atom stereocenters. The Kier molecular flexibility index (Phi) is 9.79. The van der Waals surface area contributed by atoms with Gasteiger partial charge in [0.05, 0.1) is 19.2 Å². The van der Waals surface area contributed by atoms with Crippen LogP contribution < -0.4 is 4.74 Å². The summed E-state index contributed by atoms with van der Waals surface area (Å²) in [7, 11) is 0.485. The fraction of sp³-hybridized carbons (Fsp3) is 0.556. The number of ether oxygens (including phenoxy) is 4. The van der Waals surface area contributed by atoms with E-state index in [9.17, 15) is 19.2 Å². The first-order valence-corrected chi connectivity index (χ1v) is 12.9. The fourth-order valence-electron chi connectivity index (χ4n) is 4.85. The molecule has 12 heteroatoms. The normalized spacial score (nSPS) is 28.2. The summed E-state index contributed by atoms with van der Waals surface area (Å²) in [5.41, 5.74) is 0.0550. The summed E-state index contributed by atoms with van der Waals surface area (Å²) in [4.78, 5) is 49.4. The van der Waals surface area contributed by atoms with Gasteiger partial charge in [-0.3, -0.25) is 24.1 Å². The molecule has 39 heavy (non-hydrogen) atoms. The minimum atomic E-state index is -1.41. The maximum atomic E-state index is 12.1. The lowest BCUT2D eigenvalue weighted by atomic mass is 9.81. The van der Waals surface area contributed by atoms with Gasteiger partial charge in [0.25, 0.3) is 0 Å². The number of hydrogen-bond donors (Lipinski definition) is 0. The Morgan fingerprint density at radius 3 is 2.33 bits per heavy atom. The van der Waals surface area contributed by atoms with E-state index in [2.05, 4.69) is 0 Å². The van der Waals surface area contributed by atoms with Gasteiger partial charge in [0.2, 0.25) is 11.9 Å². The van der Waals surface area contributed by atoms with Crippen LogP contribution in [-0.4, -0.2) is 80.1 Å². The topological polar surface area (TPSA) is 127 Å². The molecule has 2 heterocycles. The number of carbonyl (C=O) groups excluding carboxylic acids is 4. The Bertz CT molecular complexity index is 1100. The van der Waals surface area contributed by atoms with Crippen LogP contribution >= 0.6 is 0 Å². The smallest absolute Gasteiger partial charge is 0.495 e. The van der Waals surface area contributed by atoms with Crippen molar-refractivity contribution in [1.29, 1.82) is 0 Å². The summed E-state index contributed by atoms with van der Waals surface area (Å²) in [5.74, 6) is -0.379. The van der Waals surface area contributed by atoms with E-state index >= 15 is 0 Å². The molecule has 1 aromatic carbocycles. The van der Waals surface area contributed by atoms with Crippen LogP contribution in [0.5, 0.6) is 5.75 Å². The molecule has 0 bridgehead atoms. The van der Waals surface area contributed by atoms with Crippen molar-refractivity contribution in [2.45, 2.75) is 72.1 Å². The van der Waals surface area contributed by atoms with Crippen LogP contribution in [0.25, 0.3) is 6.08 Å². The van der Waals surface area contributed by atoms with Gasteiger partial charge in [0.1, 0.15) is 5.75 Å². The number of hydrogen-bond acceptors (Lipinski definition) is 11. The number of benzene rings is 1.